The van der Waals surface area contributed by atoms with E-state index in [0.29, 0.717) is 29.8 Å². The molecule has 0 saturated heterocycles. The number of esters is 2. The molecule has 0 aromatic heterocycles. The van der Waals surface area contributed by atoms with Crippen LogP contribution in [-0.4, -0.2) is 50.8 Å². The van der Waals surface area contributed by atoms with Crippen molar-refractivity contribution in [2.75, 3.05) is 20.2 Å². The number of ether oxygens (including phenoxy) is 2. The van der Waals surface area contributed by atoms with Gasteiger partial charge in [0.15, 0.2) is 5.70 Å². The van der Waals surface area contributed by atoms with Crippen molar-refractivity contribution in [3.8, 4) is 0 Å². The molecule has 2 aromatic rings. The van der Waals surface area contributed by atoms with Gasteiger partial charge in [0.2, 0.25) is 15.9 Å². The van der Waals surface area contributed by atoms with Gasteiger partial charge in [-0.15, -0.1) is 0 Å². The summed E-state index contributed by atoms with van der Waals surface area (Å²) in [5, 5.41) is 0. The lowest BCUT2D eigenvalue weighted by Crippen LogP contribution is -2.30. The molecule has 0 N–H and O–H groups in total. The van der Waals surface area contributed by atoms with Gasteiger partial charge in [-0.2, -0.15) is 4.31 Å². The predicted octanol–water partition coefficient (Wildman–Crippen LogP) is 2.85. The molecular formula is C22H22N2O6S. The lowest BCUT2D eigenvalue weighted by Gasteiger charge is -2.18. The second-order valence-electron chi connectivity index (χ2n) is 6.57. The highest BCUT2D eigenvalue weighted by Crippen LogP contribution is 2.22. The van der Waals surface area contributed by atoms with Gasteiger partial charge in [-0.3, -0.25) is 0 Å². The molecule has 0 amide bonds. The summed E-state index contributed by atoms with van der Waals surface area (Å²) in [5.74, 6) is -1.08. The van der Waals surface area contributed by atoms with Crippen LogP contribution in [0.15, 0.2) is 64.1 Å². The van der Waals surface area contributed by atoms with E-state index in [0.717, 1.165) is 0 Å². The zero-order valence-electron chi connectivity index (χ0n) is 17.4. The van der Waals surface area contributed by atoms with E-state index < -0.39 is 22.0 Å². The maximum atomic E-state index is 12.8. The molecule has 3 rings (SSSR count). The highest BCUT2D eigenvalue weighted by atomic mass is 32.2. The van der Waals surface area contributed by atoms with Crippen LogP contribution in [0.1, 0.15) is 35.3 Å². The molecule has 1 heterocycles. The molecule has 0 aliphatic carbocycles. The summed E-state index contributed by atoms with van der Waals surface area (Å²) in [4.78, 5) is 28.1. The van der Waals surface area contributed by atoms with E-state index >= 15 is 0 Å². The summed E-state index contributed by atoms with van der Waals surface area (Å²) in [6, 6.07) is 12.6. The van der Waals surface area contributed by atoms with Crippen molar-refractivity contribution in [1.82, 2.24) is 4.31 Å². The number of aliphatic imine (C=N–C) groups is 1. The predicted molar refractivity (Wildman–Crippen MR) is 115 cm³/mol. The maximum Gasteiger partial charge on any atom is 0.363 e. The second-order valence-corrected chi connectivity index (χ2v) is 8.50. The zero-order chi connectivity index (χ0) is 22.6. The fourth-order valence-electron chi connectivity index (χ4n) is 3.03. The lowest BCUT2D eigenvalue weighted by atomic mass is 10.1. The van der Waals surface area contributed by atoms with Crippen LogP contribution in [0.25, 0.3) is 6.08 Å². The van der Waals surface area contributed by atoms with Gasteiger partial charge < -0.3 is 9.47 Å². The first kappa shape index (κ1) is 22.4. The highest BCUT2D eigenvalue weighted by molar-refractivity contribution is 7.89. The normalized spacial score (nSPS) is 15.2. The summed E-state index contributed by atoms with van der Waals surface area (Å²) in [5.41, 5.74) is 1.47. The third-order valence-corrected chi connectivity index (χ3v) is 6.73. The first-order chi connectivity index (χ1) is 14.8. The molecule has 0 saturated carbocycles. The Morgan fingerprint density at radius 1 is 1.13 bits per heavy atom. The van der Waals surface area contributed by atoms with Gasteiger partial charge in [-0.1, -0.05) is 32.0 Å². The Balaban J connectivity index is 1.90. The minimum Gasteiger partial charge on any atom is -0.465 e. The first-order valence-corrected chi connectivity index (χ1v) is 11.1. The summed E-state index contributed by atoms with van der Waals surface area (Å²) in [6.45, 7) is 4.23. The first-order valence-electron chi connectivity index (χ1n) is 9.61. The number of carbonyl (C=O) groups excluding carboxylic acids is 2. The van der Waals surface area contributed by atoms with Crippen LogP contribution >= 0.6 is 0 Å². The van der Waals surface area contributed by atoms with Crippen molar-refractivity contribution >= 4 is 33.9 Å². The molecule has 8 nitrogen and oxygen atoms in total. The Morgan fingerprint density at radius 3 is 2.42 bits per heavy atom. The van der Waals surface area contributed by atoms with Crippen LogP contribution in [0.5, 0.6) is 0 Å². The third kappa shape index (κ3) is 4.73. The van der Waals surface area contributed by atoms with E-state index in [1.165, 1.54) is 29.6 Å². The molecule has 0 unspecified atom stereocenters. The summed E-state index contributed by atoms with van der Waals surface area (Å²) < 4.78 is 36.8. The summed E-state index contributed by atoms with van der Waals surface area (Å²) >= 11 is 0. The zero-order valence-corrected chi connectivity index (χ0v) is 18.2. The molecule has 0 spiro atoms. The largest absolute Gasteiger partial charge is 0.465 e. The second kappa shape index (κ2) is 9.23. The molecule has 0 bridgehead atoms. The van der Waals surface area contributed by atoms with Crippen LogP contribution in [0.3, 0.4) is 0 Å². The van der Waals surface area contributed by atoms with E-state index in [1.54, 1.807) is 50.2 Å². The van der Waals surface area contributed by atoms with Gasteiger partial charge in [-0.05, 0) is 42.0 Å². The molecule has 0 atom stereocenters. The van der Waals surface area contributed by atoms with E-state index in [9.17, 15) is 18.0 Å². The number of nitrogens with zero attached hydrogens (tertiary/aromatic N) is 2. The fraction of sp³-hybridized carbons (Fsp3) is 0.227. The van der Waals surface area contributed by atoms with E-state index in [4.69, 9.17) is 4.74 Å². The van der Waals surface area contributed by atoms with E-state index in [1.807, 2.05) is 0 Å². The lowest BCUT2D eigenvalue weighted by molar-refractivity contribution is -0.129. The van der Waals surface area contributed by atoms with Crippen molar-refractivity contribution in [1.29, 1.82) is 0 Å². The van der Waals surface area contributed by atoms with Gasteiger partial charge >= 0.3 is 11.9 Å². The van der Waals surface area contributed by atoms with Crippen molar-refractivity contribution in [3.63, 3.8) is 0 Å². The molecule has 1 aliphatic heterocycles. The van der Waals surface area contributed by atoms with Crippen LogP contribution in [-0.2, 0) is 24.3 Å². The average molecular weight is 442 g/mol. The monoisotopic (exact) mass is 442 g/mol. The molecule has 1 aliphatic rings. The van der Waals surface area contributed by atoms with Crippen LogP contribution < -0.4 is 0 Å². The number of carbonyl (C=O) groups is 2. The van der Waals surface area contributed by atoms with Crippen molar-refractivity contribution in [2.45, 2.75) is 18.7 Å². The smallest absolute Gasteiger partial charge is 0.363 e. The van der Waals surface area contributed by atoms with Crippen LogP contribution in [0.2, 0.25) is 0 Å². The van der Waals surface area contributed by atoms with Gasteiger partial charge in [-0.25, -0.2) is 23.0 Å². The standard InChI is InChI=1S/C22H22N2O6S/c1-4-24(5-2)31(27,28)18-8-6-7-17(14-18)20-23-19(22(26)30-20)13-15-9-11-16(12-10-15)21(25)29-3/h6-14H,4-5H2,1-3H3. The van der Waals surface area contributed by atoms with Gasteiger partial charge in [0.05, 0.1) is 17.6 Å². The number of hydrogen-bond acceptors (Lipinski definition) is 7. The molecule has 31 heavy (non-hydrogen) atoms. The quantitative estimate of drug-likeness (QED) is 0.483. The van der Waals surface area contributed by atoms with Crippen LogP contribution in [0.4, 0.5) is 0 Å². The van der Waals surface area contributed by atoms with Crippen molar-refractivity contribution in [2.24, 2.45) is 4.99 Å². The molecular weight excluding hydrogens is 420 g/mol. The Labute approximate surface area is 180 Å². The fourth-order valence-corrected chi connectivity index (χ4v) is 4.53. The van der Waals surface area contributed by atoms with E-state index in [-0.39, 0.29) is 16.5 Å². The van der Waals surface area contributed by atoms with Gasteiger partial charge in [0.25, 0.3) is 0 Å². The minimum absolute atomic E-state index is 0.0269. The maximum absolute atomic E-state index is 12.8. The SMILES string of the molecule is CCN(CC)S(=O)(=O)c1cccc(C2=NC(=Cc3ccc(C(=O)OC)cc3)C(=O)O2)c1. The Hall–Kier alpha value is -3.30. The number of benzene rings is 2. The molecule has 0 fully saturated rings. The topological polar surface area (TPSA) is 102 Å². The number of sulfonamides is 1. The van der Waals surface area contributed by atoms with E-state index in [2.05, 4.69) is 9.73 Å². The molecule has 162 valence electrons. The Kier molecular flexibility index (Phi) is 6.67. The number of cyclic esters (lactones) is 1. The highest BCUT2D eigenvalue weighted by Gasteiger charge is 2.27. The minimum atomic E-state index is -3.66. The van der Waals surface area contributed by atoms with Crippen molar-refractivity contribution in [3.05, 3.63) is 70.9 Å². The summed E-state index contributed by atoms with van der Waals surface area (Å²) in [6.07, 6.45) is 1.52. The number of rotatable bonds is 7. The molecule has 0 radical (unpaired) electrons. The van der Waals surface area contributed by atoms with Crippen LogP contribution in [0, 0.1) is 0 Å². The Morgan fingerprint density at radius 2 is 1.81 bits per heavy atom. The Bertz CT molecular complexity index is 1160. The van der Waals surface area contributed by atoms with Crippen molar-refractivity contribution < 1.29 is 27.5 Å². The van der Waals surface area contributed by atoms with Gasteiger partial charge in [0.1, 0.15) is 0 Å². The summed E-state index contributed by atoms with van der Waals surface area (Å²) in [7, 11) is -2.36. The number of methoxy groups -OCH3 is 1. The number of hydrogen-bond donors (Lipinski definition) is 0. The molecule has 9 heteroatoms. The van der Waals surface area contributed by atoms with Gasteiger partial charge in [0, 0.05) is 18.7 Å². The third-order valence-electron chi connectivity index (χ3n) is 4.68. The molecule has 2 aromatic carbocycles. The average Bonchev–Trinajstić information content (AvgIpc) is 3.14.